The molecule has 0 saturated carbocycles. The van der Waals surface area contributed by atoms with Crippen LogP contribution in [0.1, 0.15) is 72.9 Å². The number of rotatable bonds is 3. The molecule has 1 aliphatic heterocycles. The first-order chi connectivity index (χ1) is 28.4. The fourth-order valence-electron chi connectivity index (χ4n) is 10.1. The Kier molecular flexibility index (Phi) is 9.04. The number of nitrogens with zero attached hydrogens (tertiary/aromatic N) is 1. The Balaban J connectivity index is 0.00000201. The fourth-order valence-corrected chi connectivity index (χ4v) is 11.3. The average molecular weight is 766 g/mol. The fraction of sp³-hybridized carbons (Fsp3) is 0.179. The lowest BCUT2D eigenvalue weighted by atomic mass is 9.80. The molecule has 1 aromatic heterocycles. The van der Waals surface area contributed by atoms with Gasteiger partial charge in [-0.25, -0.2) is 0 Å². The van der Waals surface area contributed by atoms with Crippen LogP contribution in [0, 0.1) is 19.8 Å². The predicted molar refractivity (Wildman–Crippen MR) is 253 cm³/mol. The first-order valence-electron chi connectivity index (χ1n) is 20.7. The number of thioether (sulfide) groups is 1. The molecule has 0 unspecified atom stereocenters. The molecule has 0 bridgehead atoms. The van der Waals surface area contributed by atoms with Crippen LogP contribution in [-0.2, 0) is 11.8 Å². The first kappa shape index (κ1) is 36.3. The molecule has 4 aliphatic rings. The van der Waals surface area contributed by atoms with Gasteiger partial charge in [0.25, 0.3) is 0 Å². The van der Waals surface area contributed by atoms with Crippen molar-refractivity contribution in [3.8, 4) is 29.7 Å². The van der Waals surface area contributed by atoms with E-state index in [1.807, 2.05) is 11.8 Å². The van der Waals surface area contributed by atoms with Crippen molar-refractivity contribution in [2.45, 2.75) is 58.3 Å². The highest BCUT2D eigenvalue weighted by molar-refractivity contribution is 8.03. The monoisotopic (exact) mass is 765 g/mol. The summed E-state index contributed by atoms with van der Waals surface area (Å²) in [7, 11) is 0. The summed E-state index contributed by atoms with van der Waals surface area (Å²) < 4.78 is 2.56. The van der Waals surface area contributed by atoms with Gasteiger partial charge in [0.15, 0.2) is 0 Å². The number of aromatic nitrogens is 1. The maximum absolute atomic E-state index is 4.00. The van der Waals surface area contributed by atoms with E-state index >= 15 is 0 Å². The van der Waals surface area contributed by atoms with E-state index < -0.39 is 0 Å². The smallest absolute Gasteiger partial charge is 0.0570 e. The molecular formula is C56H47NS. The summed E-state index contributed by atoms with van der Waals surface area (Å²) in [5.41, 5.74) is 20.5. The van der Waals surface area contributed by atoms with E-state index in [0.29, 0.717) is 0 Å². The molecule has 282 valence electrons. The van der Waals surface area contributed by atoms with Crippen LogP contribution in [0.25, 0.3) is 66.6 Å². The number of aryl methyl sites for hydroxylation is 2. The van der Waals surface area contributed by atoms with Crippen molar-refractivity contribution in [3.63, 3.8) is 0 Å². The Morgan fingerprint density at radius 1 is 0.690 bits per heavy atom. The number of hydrogen-bond acceptors (Lipinski definition) is 1. The van der Waals surface area contributed by atoms with Crippen LogP contribution in [0.4, 0.5) is 0 Å². The zero-order chi connectivity index (χ0) is 39.5. The third-order valence-corrected chi connectivity index (χ3v) is 14.2. The van der Waals surface area contributed by atoms with E-state index in [2.05, 4.69) is 184 Å². The largest absolute Gasteiger partial charge is 0.309 e. The van der Waals surface area contributed by atoms with Gasteiger partial charge in [0.1, 0.15) is 0 Å². The highest BCUT2D eigenvalue weighted by atomic mass is 32.2. The number of fused-ring (bicyclic) bond motifs is 7. The van der Waals surface area contributed by atoms with Crippen LogP contribution >= 0.6 is 11.8 Å². The molecule has 7 aromatic rings. The van der Waals surface area contributed by atoms with Crippen LogP contribution in [-0.4, -0.2) is 10.3 Å². The Bertz CT molecular complexity index is 3020. The van der Waals surface area contributed by atoms with Gasteiger partial charge in [-0.1, -0.05) is 123 Å². The average Bonchev–Trinajstić information content (AvgIpc) is 3.74. The van der Waals surface area contributed by atoms with Crippen LogP contribution in [0.5, 0.6) is 0 Å². The Morgan fingerprint density at radius 2 is 1.48 bits per heavy atom. The van der Waals surface area contributed by atoms with Gasteiger partial charge in [-0.3, -0.25) is 0 Å². The van der Waals surface area contributed by atoms with Crippen LogP contribution < -0.4 is 0 Å². The summed E-state index contributed by atoms with van der Waals surface area (Å²) in [6.45, 7) is 7.20. The number of benzene rings is 6. The van der Waals surface area contributed by atoms with Gasteiger partial charge in [0.2, 0.25) is 0 Å². The third-order valence-electron chi connectivity index (χ3n) is 13.1. The normalized spacial score (nSPS) is 17.4. The maximum atomic E-state index is 4.00. The Hall–Kier alpha value is -6.01. The minimum absolute atomic E-state index is 0.0909. The summed E-state index contributed by atoms with van der Waals surface area (Å²) in [4.78, 5) is 1.48. The van der Waals surface area contributed by atoms with Gasteiger partial charge in [0, 0.05) is 32.5 Å². The summed E-state index contributed by atoms with van der Waals surface area (Å²) in [5.74, 6) is 1.01. The summed E-state index contributed by atoms with van der Waals surface area (Å²) in [5, 5.41) is 5.17. The maximum Gasteiger partial charge on any atom is 0.0570 e. The van der Waals surface area contributed by atoms with Gasteiger partial charge in [-0.2, -0.15) is 0 Å². The number of terminal acetylenes is 1. The molecule has 6 aromatic carbocycles. The first-order valence-corrected chi connectivity index (χ1v) is 21.7. The van der Waals surface area contributed by atoms with Crippen molar-refractivity contribution >= 4 is 61.6 Å². The molecular weight excluding hydrogens is 719 g/mol. The van der Waals surface area contributed by atoms with Crippen molar-refractivity contribution < 1.29 is 0 Å². The molecule has 0 amide bonds. The summed E-state index contributed by atoms with van der Waals surface area (Å²) in [6.07, 6.45) is 25.6. The second-order valence-corrected chi connectivity index (χ2v) is 17.8. The summed E-state index contributed by atoms with van der Waals surface area (Å²) >= 11 is 2.04. The lowest BCUT2D eigenvalue weighted by Gasteiger charge is -2.24. The molecule has 58 heavy (non-hydrogen) atoms. The topological polar surface area (TPSA) is 4.93 Å². The molecule has 0 saturated heterocycles. The molecule has 2 heteroatoms. The molecule has 0 fully saturated rings. The molecule has 3 aliphatic carbocycles. The van der Waals surface area contributed by atoms with Crippen molar-refractivity contribution in [1.29, 1.82) is 0 Å². The van der Waals surface area contributed by atoms with Gasteiger partial charge >= 0.3 is 0 Å². The molecule has 0 atom stereocenters. The zero-order valence-corrected chi connectivity index (χ0v) is 34.4. The SMILES string of the molecule is C#C.Cc1cc(C2=Cc3ccccc3CC2)cc2c3cc(-c4ccc5ccccc5c4)ccc3n(-c3ccc4c(c3)C(C)(C)C3=C4CSC4=C(C/C=C\3)CCC=C4)c12. The predicted octanol–water partition coefficient (Wildman–Crippen LogP) is 15.0. The highest BCUT2D eigenvalue weighted by Crippen LogP contribution is 2.51. The van der Waals surface area contributed by atoms with Gasteiger partial charge in [-0.15, -0.1) is 24.6 Å². The van der Waals surface area contributed by atoms with Crippen LogP contribution in [0.2, 0.25) is 0 Å². The Labute approximate surface area is 347 Å². The minimum atomic E-state index is -0.0909. The molecule has 0 spiro atoms. The molecule has 11 rings (SSSR count). The van der Waals surface area contributed by atoms with Gasteiger partial charge in [-0.05, 0) is 153 Å². The highest BCUT2D eigenvalue weighted by Gasteiger charge is 2.37. The number of hydrogen-bond donors (Lipinski definition) is 0. The molecule has 0 N–H and O–H groups in total. The van der Waals surface area contributed by atoms with Crippen molar-refractivity contribution in [2.24, 2.45) is 0 Å². The Morgan fingerprint density at radius 3 is 2.38 bits per heavy atom. The standard InChI is InChI=1S/C54H45NS.C2H2/c1-34-27-43(41-22-20-36-12-5-7-15-39(36)29-41)31-47-46-30-42(40-21-19-35-11-4-6-14-38(35)28-40)23-26-51(46)55(53(34)47)44-24-25-45-48-33-56-52-18-9-8-13-37(52)16-10-17-49(48)54(2,3)50(45)32-44;1-2/h4-7,9-12,14-15,17-19,21,23-32H,8,13,16,20,22,33H2,1-3H3;1-2H/b17-10-;. The van der Waals surface area contributed by atoms with Crippen molar-refractivity contribution in [3.05, 3.63) is 189 Å². The van der Waals surface area contributed by atoms with Crippen LogP contribution in [0.15, 0.2) is 156 Å². The lowest BCUT2D eigenvalue weighted by Crippen LogP contribution is -2.16. The van der Waals surface area contributed by atoms with E-state index in [1.165, 1.54) is 111 Å². The number of allylic oxidation sites excluding steroid dienone is 7. The zero-order valence-electron chi connectivity index (χ0n) is 33.6. The van der Waals surface area contributed by atoms with E-state index in [4.69, 9.17) is 0 Å². The van der Waals surface area contributed by atoms with Gasteiger partial charge < -0.3 is 4.57 Å². The minimum Gasteiger partial charge on any atom is -0.309 e. The second kappa shape index (κ2) is 14.4. The molecule has 2 heterocycles. The molecule has 1 nitrogen and oxygen atoms in total. The quantitative estimate of drug-likeness (QED) is 0.162. The van der Waals surface area contributed by atoms with Gasteiger partial charge in [0.05, 0.1) is 11.0 Å². The van der Waals surface area contributed by atoms with Crippen molar-refractivity contribution in [2.75, 3.05) is 5.75 Å². The summed E-state index contributed by atoms with van der Waals surface area (Å²) in [6, 6.07) is 43.9. The van der Waals surface area contributed by atoms with E-state index in [0.717, 1.165) is 31.4 Å². The van der Waals surface area contributed by atoms with Crippen LogP contribution in [0.3, 0.4) is 0 Å². The van der Waals surface area contributed by atoms with E-state index in [9.17, 15) is 0 Å². The van der Waals surface area contributed by atoms with E-state index in [1.54, 1.807) is 5.57 Å². The van der Waals surface area contributed by atoms with Crippen molar-refractivity contribution in [1.82, 2.24) is 4.57 Å². The third kappa shape index (κ3) is 5.95. The molecule has 0 radical (unpaired) electrons. The van der Waals surface area contributed by atoms with E-state index in [-0.39, 0.29) is 5.41 Å². The lowest BCUT2D eigenvalue weighted by molar-refractivity contribution is 0.653. The second-order valence-electron chi connectivity index (χ2n) is 16.7.